The van der Waals surface area contributed by atoms with E-state index < -0.39 is 0 Å². The van der Waals surface area contributed by atoms with Gasteiger partial charge in [0, 0.05) is 19.0 Å². The molecule has 2 N–H and O–H groups in total. The fraction of sp³-hybridized carbons (Fsp3) is 0.588. The Balaban J connectivity index is 1.69. The predicted molar refractivity (Wildman–Crippen MR) is 82.2 cm³/mol. The molecule has 0 radical (unpaired) electrons. The highest BCUT2D eigenvalue weighted by molar-refractivity contribution is 5.83. The molecule has 114 valence electrons. The lowest BCUT2D eigenvalue weighted by atomic mass is 10.1. The predicted octanol–water partition coefficient (Wildman–Crippen LogP) is 2.11. The molecule has 1 aromatic carbocycles. The summed E-state index contributed by atoms with van der Waals surface area (Å²) in [7, 11) is 0. The van der Waals surface area contributed by atoms with Crippen molar-refractivity contribution in [3.63, 3.8) is 0 Å². The molecule has 2 aliphatic rings. The van der Waals surface area contributed by atoms with Crippen LogP contribution in [0.25, 0.3) is 0 Å². The molecule has 1 aliphatic carbocycles. The fourth-order valence-corrected chi connectivity index (χ4v) is 3.46. The Morgan fingerprint density at radius 1 is 1.29 bits per heavy atom. The summed E-state index contributed by atoms with van der Waals surface area (Å²) in [4.78, 5) is 14.9. The Kier molecular flexibility index (Phi) is 4.44. The second kappa shape index (κ2) is 6.48. The molecule has 4 nitrogen and oxygen atoms in total. The third kappa shape index (κ3) is 3.05. The van der Waals surface area contributed by atoms with Crippen molar-refractivity contribution in [1.29, 1.82) is 0 Å². The lowest BCUT2D eigenvalue weighted by molar-refractivity contribution is -0.140. The van der Waals surface area contributed by atoms with Gasteiger partial charge in [0.1, 0.15) is 5.75 Å². The summed E-state index contributed by atoms with van der Waals surface area (Å²) >= 11 is 0. The molecule has 3 rings (SSSR count). The van der Waals surface area contributed by atoms with E-state index in [-0.39, 0.29) is 12.0 Å². The number of nitrogens with zero attached hydrogens (tertiary/aromatic N) is 1. The topological polar surface area (TPSA) is 55.6 Å². The number of rotatable bonds is 5. The number of ether oxygens (including phenoxy) is 1. The Hall–Kier alpha value is -1.55. The maximum absolute atomic E-state index is 12.9. The molecule has 1 fully saturated rings. The quantitative estimate of drug-likeness (QED) is 0.903. The summed E-state index contributed by atoms with van der Waals surface area (Å²) in [6.07, 6.45) is 5.90. The average molecular weight is 288 g/mol. The second-order valence-electron chi connectivity index (χ2n) is 6.03. The molecule has 1 aromatic rings. The fourth-order valence-electron chi connectivity index (χ4n) is 3.46. The number of benzene rings is 1. The van der Waals surface area contributed by atoms with Gasteiger partial charge in [-0.15, -0.1) is 0 Å². The molecule has 4 heteroatoms. The van der Waals surface area contributed by atoms with Crippen LogP contribution < -0.4 is 10.5 Å². The van der Waals surface area contributed by atoms with Crippen LogP contribution in [-0.2, 0) is 11.2 Å². The van der Waals surface area contributed by atoms with Gasteiger partial charge in [0.05, 0.1) is 0 Å². The molecule has 1 aliphatic heterocycles. The summed E-state index contributed by atoms with van der Waals surface area (Å²) in [6, 6.07) is 8.33. The summed E-state index contributed by atoms with van der Waals surface area (Å²) in [5, 5.41) is 0. The van der Waals surface area contributed by atoms with E-state index in [4.69, 9.17) is 10.5 Å². The van der Waals surface area contributed by atoms with E-state index in [9.17, 15) is 4.79 Å². The smallest absolute Gasteiger partial charge is 0.264 e. The number of hydrogen-bond donors (Lipinski definition) is 1. The maximum Gasteiger partial charge on any atom is 0.264 e. The van der Waals surface area contributed by atoms with Crippen molar-refractivity contribution in [2.75, 3.05) is 13.1 Å². The van der Waals surface area contributed by atoms with Gasteiger partial charge in [-0.3, -0.25) is 4.79 Å². The summed E-state index contributed by atoms with van der Waals surface area (Å²) in [5.74, 6) is 1.01. The van der Waals surface area contributed by atoms with Gasteiger partial charge >= 0.3 is 0 Å². The van der Waals surface area contributed by atoms with Crippen molar-refractivity contribution >= 4 is 5.91 Å². The number of fused-ring (bicyclic) bond motifs is 1. The molecule has 1 atom stereocenters. The molecule has 0 saturated heterocycles. The molecular weight excluding hydrogens is 264 g/mol. The number of amides is 1. The number of hydrogen-bond acceptors (Lipinski definition) is 3. The van der Waals surface area contributed by atoms with E-state index in [1.807, 2.05) is 29.2 Å². The summed E-state index contributed by atoms with van der Waals surface area (Å²) < 4.78 is 5.87. The highest BCUT2D eigenvalue weighted by Crippen LogP contribution is 2.31. The normalized spacial score (nSPS) is 21.1. The van der Waals surface area contributed by atoms with Crippen LogP contribution in [0.5, 0.6) is 5.75 Å². The molecule has 1 unspecified atom stereocenters. The van der Waals surface area contributed by atoms with Crippen molar-refractivity contribution in [2.45, 2.75) is 50.7 Å². The zero-order chi connectivity index (χ0) is 14.7. The molecule has 1 saturated carbocycles. The minimum absolute atomic E-state index is 0.145. The first kappa shape index (κ1) is 14.4. The standard InChI is InChI=1S/C17H24N2O2/c18-10-5-11-19(14-7-2-3-8-14)17(20)16-12-13-6-1-4-9-15(13)21-16/h1,4,6,9,14,16H,2-3,5,7-8,10-12,18H2. The molecule has 1 heterocycles. The molecule has 0 spiro atoms. The van der Waals surface area contributed by atoms with E-state index in [2.05, 4.69) is 0 Å². The molecule has 0 aromatic heterocycles. The number of carbonyl (C=O) groups is 1. The monoisotopic (exact) mass is 288 g/mol. The van der Waals surface area contributed by atoms with E-state index in [1.165, 1.54) is 12.8 Å². The van der Waals surface area contributed by atoms with Crippen LogP contribution in [0.2, 0.25) is 0 Å². The lowest BCUT2D eigenvalue weighted by Gasteiger charge is -2.31. The molecule has 21 heavy (non-hydrogen) atoms. The zero-order valence-electron chi connectivity index (χ0n) is 12.5. The van der Waals surface area contributed by atoms with Crippen molar-refractivity contribution in [3.8, 4) is 5.75 Å². The molecular formula is C17H24N2O2. The van der Waals surface area contributed by atoms with Crippen molar-refractivity contribution < 1.29 is 9.53 Å². The first-order valence-corrected chi connectivity index (χ1v) is 8.04. The molecule has 0 bridgehead atoms. The largest absolute Gasteiger partial charge is 0.480 e. The molecule has 1 amide bonds. The number of para-hydroxylation sites is 1. The van der Waals surface area contributed by atoms with Gasteiger partial charge in [0.15, 0.2) is 6.10 Å². The van der Waals surface area contributed by atoms with Crippen LogP contribution in [0.1, 0.15) is 37.7 Å². The first-order valence-electron chi connectivity index (χ1n) is 8.04. The van der Waals surface area contributed by atoms with Gasteiger partial charge in [0.25, 0.3) is 5.91 Å². The van der Waals surface area contributed by atoms with Crippen LogP contribution in [0.3, 0.4) is 0 Å². The Morgan fingerprint density at radius 2 is 2.05 bits per heavy atom. The van der Waals surface area contributed by atoms with Crippen molar-refractivity contribution in [1.82, 2.24) is 4.90 Å². The average Bonchev–Trinajstić information content (AvgIpc) is 3.16. The van der Waals surface area contributed by atoms with E-state index in [0.717, 1.165) is 37.1 Å². The number of carbonyl (C=O) groups excluding carboxylic acids is 1. The minimum atomic E-state index is -0.347. The number of nitrogens with two attached hydrogens (primary N) is 1. The third-order valence-electron chi connectivity index (χ3n) is 4.57. The van der Waals surface area contributed by atoms with Crippen LogP contribution in [0.15, 0.2) is 24.3 Å². The SMILES string of the molecule is NCCCN(C(=O)C1Cc2ccccc2O1)C1CCCC1. The Morgan fingerprint density at radius 3 is 2.76 bits per heavy atom. The maximum atomic E-state index is 12.9. The van der Waals surface area contributed by atoms with Gasteiger partial charge in [0.2, 0.25) is 0 Å². The van der Waals surface area contributed by atoms with E-state index in [0.29, 0.717) is 19.0 Å². The van der Waals surface area contributed by atoms with Crippen LogP contribution >= 0.6 is 0 Å². The highest BCUT2D eigenvalue weighted by atomic mass is 16.5. The van der Waals surface area contributed by atoms with Crippen LogP contribution in [-0.4, -0.2) is 36.0 Å². The third-order valence-corrected chi connectivity index (χ3v) is 4.57. The van der Waals surface area contributed by atoms with Crippen LogP contribution in [0, 0.1) is 0 Å². The lowest BCUT2D eigenvalue weighted by Crippen LogP contribution is -2.47. The first-order chi connectivity index (χ1) is 10.3. The van der Waals surface area contributed by atoms with Gasteiger partial charge in [-0.25, -0.2) is 0 Å². The Labute approximate surface area is 126 Å². The second-order valence-corrected chi connectivity index (χ2v) is 6.03. The summed E-state index contributed by atoms with van der Waals surface area (Å²) in [5.41, 5.74) is 6.77. The van der Waals surface area contributed by atoms with Gasteiger partial charge in [-0.2, -0.15) is 0 Å². The van der Waals surface area contributed by atoms with E-state index in [1.54, 1.807) is 0 Å². The summed E-state index contributed by atoms with van der Waals surface area (Å²) in [6.45, 7) is 1.39. The van der Waals surface area contributed by atoms with Crippen molar-refractivity contribution in [2.24, 2.45) is 5.73 Å². The highest BCUT2D eigenvalue weighted by Gasteiger charge is 2.35. The minimum Gasteiger partial charge on any atom is -0.480 e. The Bertz CT molecular complexity index is 472. The van der Waals surface area contributed by atoms with Gasteiger partial charge in [-0.1, -0.05) is 31.0 Å². The van der Waals surface area contributed by atoms with E-state index >= 15 is 0 Å². The van der Waals surface area contributed by atoms with Gasteiger partial charge in [-0.05, 0) is 37.4 Å². The van der Waals surface area contributed by atoms with Crippen LogP contribution in [0.4, 0.5) is 0 Å². The zero-order valence-corrected chi connectivity index (χ0v) is 12.5. The van der Waals surface area contributed by atoms with Gasteiger partial charge < -0.3 is 15.4 Å². The van der Waals surface area contributed by atoms with Crippen molar-refractivity contribution in [3.05, 3.63) is 29.8 Å².